The Morgan fingerprint density at radius 2 is 2.00 bits per heavy atom. The van der Waals surface area contributed by atoms with Crippen LogP contribution in [0.3, 0.4) is 0 Å². The summed E-state index contributed by atoms with van der Waals surface area (Å²) in [5.74, 6) is -0.962. The van der Waals surface area contributed by atoms with Gasteiger partial charge in [0.1, 0.15) is 17.3 Å². The number of hydrogen-bond acceptors (Lipinski definition) is 7. The Labute approximate surface area is 241 Å². The minimum atomic E-state index is -0.741. The highest BCUT2D eigenvalue weighted by Crippen LogP contribution is 2.39. The van der Waals surface area contributed by atoms with E-state index >= 15 is 4.39 Å². The molecule has 41 heavy (non-hydrogen) atoms. The average Bonchev–Trinajstić information content (AvgIpc) is 2.93. The number of nitrogens with zero attached hydrogens (tertiary/aromatic N) is 6. The van der Waals surface area contributed by atoms with Crippen molar-refractivity contribution in [3.63, 3.8) is 0 Å². The quantitative estimate of drug-likeness (QED) is 0.334. The number of piperazine rings is 1. The van der Waals surface area contributed by atoms with Crippen molar-refractivity contribution >= 4 is 34.4 Å². The van der Waals surface area contributed by atoms with E-state index in [1.165, 1.54) is 28.8 Å². The van der Waals surface area contributed by atoms with Gasteiger partial charge in [-0.25, -0.2) is 18.7 Å². The van der Waals surface area contributed by atoms with Crippen LogP contribution in [0.25, 0.3) is 28.0 Å². The molecule has 1 aromatic carbocycles. The number of phenols is 1. The summed E-state index contributed by atoms with van der Waals surface area (Å²) in [6.45, 7) is 12.4. The number of rotatable bonds is 5. The van der Waals surface area contributed by atoms with Crippen LogP contribution in [0.15, 0.2) is 54.0 Å². The number of pyridine rings is 2. The van der Waals surface area contributed by atoms with Gasteiger partial charge in [-0.2, -0.15) is 4.98 Å². The van der Waals surface area contributed by atoms with Gasteiger partial charge in [0.25, 0.3) is 0 Å². The summed E-state index contributed by atoms with van der Waals surface area (Å²) in [5.41, 5.74) is 1.28. The SMILES string of the molecule is C=CC(=O)N1CCN(c2nc(=O)n(-c3c(C)ccnc3C(C)C)c3nc(-c4c(O)cccc4Cl)c(F)cc23)C(C)C1. The number of amides is 1. The first kappa shape index (κ1) is 28.2. The fourth-order valence-corrected chi connectivity index (χ4v) is 5.59. The highest BCUT2D eigenvalue weighted by atomic mass is 35.5. The Balaban J connectivity index is 1.83. The molecule has 1 fully saturated rings. The molecule has 1 unspecified atom stereocenters. The van der Waals surface area contributed by atoms with Crippen LogP contribution >= 0.6 is 11.6 Å². The summed E-state index contributed by atoms with van der Waals surface area (Å²) in [6, 6.07) is 7.29. The molecular formula is C30H30ClFN6O3. The summed E-state index contributed by atoms with van der Waals surface area (Å²) in [7, 11) is 0. The molecule has 1 saturated heterocycles. The van der Waals surface area contributed by atoms with Gasteiger partial charge in [-0.05, 0) is 55.7 Å². The predicted molar refractivity (Wildman–Crippen MR) is 157 cm³/mol. The molecule has 1 aliphatic rings. The van der Waals surface area contributed by atoms with Crippen molar-refractivity contribution in [1.82, 2.24) is 24.4 Å². The summed E-state index contributed by atoms with van der Waals surface area (Å²) in [4.78, 5) is 43.4. The average molecular weight is 577 g/mol. The van der Waals surface area contributed by atoms with E-state index in [2.05, 4.69) is 21.5 Å². The van der Waals surface area contributed by atoms with Crippen LogP contribution in [0.2, 0.25) is 5.02 Å². The van der Waals surface area contributed by atoms with Crippen LogP contribution in [0, 0.1) is 12.7 Å². The van der Waals surface area contributed by atoms with Crippen LogP contribution in [-0.4, -0.2) is 61.1 Å². The molecule has 9 nitrogen and oxygen atoms in total. The zero-order valence-corrected chi connectivity index (χ0v) is 24.0. The smallest absolute Gasteiger partial charge is 0.355 e. The zero-order valence-electron chi connectivity index (χ0n) is 23.2. The molecule has 0 spiro atoms. The number of hydrogen-bond donors (Lipinski definition) is 1. The molecule has 1 N–H and O–H groups in total. The van der Waals surface area contributed by atoms with E-state index in [1.54, 1.807) is 23.2 Å². The number of carbonyl (C=O) groups excluding carboxylic acids is 1. The van der Waals surface area contributed by atoms with E-state index in [0.29, 0.717) is 36.4 Å². The number of fused-ring (bicyclic) bond motifs is 1. The van der Waals surface area contributed by atoms with Gasteiger partial charge < -0.3 is 14.9 Å². The Morgan fingerprint density at radius 1 is 1.24 bits per heavy atom. The van der Waals surface area contributed by atoms with Crippen molar-refractivity contribution in [2.75, 3.05) is 24.5 Å². The Morgan fingerprint density at radius 3 is 2.66 bits per heavy atom. The van der Waals surface area contributed by atoms with E-state index in [4.69, 9.17) is 11.6 Å². The third-order valence-corrected chi connectivity index (χ3v) is 7.66. The largest absolute Gasteiger partial charge is 0.507 e. The van der Waals surface area contributed by atoms with Gasteiger partial charge >= 0.3 is 5.69 Å². The third kappa shape index (κ3) is 4.93. The molecular weight excluding hydrogens is 547 g/mol. The fraction of sp³-hybridized carbons (Fsp3) is 0.300. The second kappa shape index (κ2) is 10.9. The molecule has 212 valence electrons. The van der Waals surface area contributed by atoms with Crippen LogP contribution in [-0.2, 0) is 4.79 Å². The van der Waals surface area contributed by atoms with Gasteiger partial charge in [0.05, 0.1) is 27.4 Å². The molecule has 1 atom stereocenters. The summed E-state index contributed by atoms with van der Waals surface area (Å²) < 4.78 is 17.3. The second-order valence-corrected chi connectivity index (χ2v) is 10.8. The first-order chi connectivity index (χ1) is 19.5. The Bertz CT molecular complexity index is 1730. The van der Waals surface area contributed by atoms with E-state index in [0.717, 1.165) is 5.56 Å². The van der Waals surface area contributed by atoms with Crippen molar-refractivity contribution in [3.05, 3.63) is 81.8 Å². The molecule has 1 amide bonds. The van der Waals surface area contributed by atoms with E-state index in [-0.39, 0.29) is 51.4 Å². The third-order valence-electron chi connectivity index (χ3n) is 7.34. The summed E-state index contributed by atoms with van der Waals surface area (Å²) >= 11 is 6.39. The van der Waals surface area contributed by atoms with Crippen molar-refractivity contribution in [2.24, 2.45) is 0 Å². The van der Waals surface area contributed by atoms with Crippen LogP contribution < -0.4 is 10.6 Å². The topological polar surface area (TPSA) is 104 Å². The molecule has 0 bridgehead atoms. The highest BCUT2D eigenvalue weighted by molar-refractivity contribution is 6.33. The lowest BCUT2D eigenvalue weighted by Gasteiger charge is -2.40. The maximum absolute atomic E-state index is 15.9. The first-order valence-corrected chi connectivity index (χ1v) is 13.7. The van der Waals surface area contributed by atoms with Gasteiger partial charge in [-0.1, -0.05) is 38.1 Å². The van der Waals surface area contributed by atoms with Gasteiger partial charge in [-0.3, -0.25) is 9.78 Å². The standard InChI is InChI=1S/C30H30ClFN6O3/c1-6-23(40)36-12-13-37(18(5)15-36)28-19-14-21(32)26(24-20(31)8-7-9-22(24)39)34-29(19)38(30(41)35-28)27-17(4)10-11-33-25(27)16(2)3/h6-11,14,16,18,39H,1,12-13,15H2,2-5H3. The minimum absolute atomic E-state index is 0.0165. The molecule has 11 heteroatoms. The predicted octanol–water partition coefficient (Wildman–Crippen LogP) is 5.00. The second-order valence-electron chi connectivity index (χ2n) is 10.4. The molecule has 3 aromatic heterocycles. The van der Waals surface area contributed by atoms with Crippen molar-refractivity contribution in [3.8, 4) is 22.7 Å². The first-order valence-electron chi connectivity index (χ1n) is 13.3. The van der Waals surface area contributed by atoms with E-state index in [1.807, 2.05) is 32.6 Å². The maximum Gasteiger partial charge on any atom is 0.355 e. The number of aromatic nitrogens is 4. The Kier molecular flexibility index (Phi) is 7.52. The summed E-state index contributed by atoms with van der Waals surface area (Å²) in [6.07, 6.45) is 2.94. The molecule has 4 heterocycles. The lowest BCUT2D eigenvalue weighted by atomic mass is 10.0. The Hall–Kier alpha value is -4.31. The lowest BCUT2D eigenvalue weighted by molar-refractivity contribution is -0.126. The number of anilines is 1. The maximum atomic E-state index is 15.9. The number of carbonyl (C=O) groups is 1. The number of halogens is 2. The molecule has 0 aliphatic carbocycles. The molecule has 4 aromatic rings. The molecule has 0 saturated carbocycles. The van der Waals surface area contributed by atoms with E-state index in [9.17, 15) is 14.7 Å². The summed E-state index contributed by atoms with van der Waals surface area (Å²) in [5, 5.41) is 11.0. The van der Waals surface area contributed by atoms with Crippen molar-refractivity contribution in [2.45, 2.75) is 39.7 Å². The number of phenolic OH excluding ortho intramolecular Hbond substituents is 1. The van der Waals surface area contributed by atoms with Crippen LogP contribution in [0.5, 0.6) is 5.75 Å². The number of benzene rings is 1. The van der Waals surface area contributed by atoms with Gasteiger partial charge in [0, 0.05) is 31.9 Å². The monoisotopic (exact) mass is 576 g/mol. The fourth-order valence-electron chi connectivity index (χ4n) is 5.33. The lowest BCUT2D eigenvalue weighted by Crippen LogP contribution is -2.54. The van der Waals surface area contributed by atoms with Crippen molar-refractivity contribution < 1.29 is 14.3 Å². The zero-order chi connectivity index (χ0) is 29.6. The highest BCUT2D eigenvalue weighted by Gasteiger charge is 2.31. The molecule has 1 aliphatic heterocycles. The van der Waals surface area contributed by atoms with Crippen LogP contribution in [0.1, 0.15) is 37.9 Å². The van der Waals surface area contributed by atoms with Gasteiger partial charge in [-0.15, -0.1) is 0 Å². The van der Waals surface area contributed by atoms with Crippen LogP contribution in [0.4, 0.5) is 10.2 Å². The molecule has 5 rings (SSSR count). The van der Waals surface area contributed by atoms with E-state index < -0.39 is 11.5 Å². The minimum Gasteiger partial charge on any atom is -0.507 e. The van der Waals surface area contributed by atoms with Gasteiger partial charge in [0.2, 0.25) is 5.91 Å². The normalized spacial score (nSPS) is 15.5. The molecule has 0 radical (unpaired) electrons. The van der Waals surface area contributed by atoms with Gasteiger partial charge in [0.15, 0.2) is 11.5 Å². The number of aryl methyl sites for hydroxylation is 1. The number of aromatic hydroxyl groups is 1. The van der Waals surface area contributed by atoms with Crippen molar-refractivity contribution in [1.29, 1.82) is 0 Å².